The Balaban J connectivity index is 1.10. The fraction of sp³-hybridized carbons (Fsp3) is 0.622. The summed E-state index contributed by atoms with van der Waals surface area (Å²) in [6, 6.07) is 16.6. The highest BCUT2D eigenvalue weighted by molar-refractivity contribution is 6.04. The lowest BCUT2D eigenvalue weighted by atomic mass is 9.89. The molecule has 0 saturated heterocycles. The van der Waals surface area contributed by atoms with Gasteiger partial charge in [-0.15, -0.1) is 0 Å². The maximum Gasteiger partial charge on any atom is 0.235 e. The van der Waals surface area contributed by atoms with Crippen LogP contribution in [-0.2, 0) is 44.4 Å². The summed E-state index contributed by atoms with van der Waals surface area (Å²) in [5.74, 6) is 0.126. The van der Waals surface area contributed by atoms with Crippen LogP contribution in [0.15, 0.2) is 48.5 Å². The maximum atomic E-state index is 12.5. The number of hydrogen-bond acceptors (Lipinski definition) is 11. The molecule has 0 bridgehead atoms. The number of amides is 2. The Morgan fingerprint density at radius 1 is 0.680 bits per heavy atom. The molecule has 2 aromatic carbocycles. The number of rotatable bonds is 28. The van der Waals surface area contributed by atoms with Crippen molar-refractivity contribution in [2.45, 2.75) is 39.2 Å². The standard InChI is InChI=1S/C37H58N4O9/c1-37(2,35(42)40-16-20-46-24-28-48-26-22-44-18-14-38)36(43)41-17-21-47-25-29-49-27-23-45-19-15-39-31-10-12-32(13-11-31)50-34-9-5-7-30-6-3-4-8-33(30)34/h3-4,6,8,10-13,34,39H,5,7,9,14-29,38H2,1-2H3,(H,40,42)(H,41,43)/t34-/m1/s1. The van der Waals surface area contributed by atoms with Gasteiger partial charge in [0, 0.05) is 31.9 Å². The quantitative estimate of drug-likeness (QED) is 0.0763. The highest BCUT2D eigenvalue weighted by Gasteiger charge is 2.35. The van der Waals surface area contributed by atoms with E-state index < -0.39 is 5.41 Å². The van der Waals surface area contributed by atoms with Crippen molar-refractivity contribution in [2.24, 2.45) is 11.1 Å². The summed E-state index contributed by atoms with van der Waals surface area (Å²) in [7, 11) is 0. The van der Waals surface area contributed by atoms with Crippen molar-refractivity contribution >= 4 is 17.5 Å². The van der Waals surface area contributed by atoms with Crippen LogP contribution in [0.1, 0.15) is 43.9 Å². The van der Waals surface area contributed by atoms with Crippen molar-refractivity contribution in [3.05, 3.63) is 59.7 Å². The lowest BCUT2D eigenvalue weighted by molar-refractivity contribution is -0.141. The first-order valence-corrected chi connectivity index (χ1v) is 17.7. The molecule has 0 fully saturated rings. The Hall–Kier alpha value is -3.30. The third-order valence-corrected chi connectivity index (χ3v) is 7.97. The van der Waals surface area contributed by atoms with Crippen molar-refractivity contribution in [1.82, 2.24) is 10.6 Å². The number of benzene rings is 2. The zero-order valence-corrected chi connectivity index (χ0v) is 29.9. The Morgan fingerprint density at radius 2 is 1.18 bits per heavy atom. The SMILES string of the molecule is CC(C)(C(=O)NCCOCCOCCOCCN)C(=O)NCCOCCOCCOCCNc1ccc(O[C@@H]2CCCc3ccccc32)cc1. The Morgan fingerprint density at radius 3 is 1.74 bits per heavy atom. The van der Waals surface area contributed by atoms with Gasteiger partial charge < -0.3 is 54.8 Å². The molecular formula is C37H58N4O9. The average Bonchev–Trinajstić information content (AvgIpc) is 3.13. The normalized spacial score (nSPS) is 14.2. The minimum absolute atomic E-state index is 0.112. The Labute approximate surface area is 297 Å². The second-order valence-electron chi connectivity index (χ2n) is 12.2. The highest BCUT2D eigenvalue weighted by atomic mass is 16.5. The van der Waals surface area contributed by atoms with Gasteiger partial charge in [0.15, 0.2) is 0 Å². The van der Waals surface area contributed by atoms with E-state index in [4.69, 9.17) is 38.9 Å². The van der Waals surface area contributed by atoms with E-state index in [1.807, 2.05) is 24.3 Å². The van der Waals surface area contributed by atoms with Gasteiger partial charge in [0.25, 0.3) is 0 Å². The van der Waals surface area contributed by atoms with Crippen LogP contribution < -0.4 is 26.4 Å². The van der Waals surface area contributed by atoms with Crippen LogP contribution in [0.25, 0.3) is 0 Å². The van der Waals surface area contributed by atoms with E-state index in [0.29, 0.717) is 98.9 Å². The summed E-state index contributed by atoms with van der Waals surface area (Å²) in [5, 5.41) is 8.85. The number of carbonyl (C=O) groups is 2. The number of ether oxygens (including phenoxy) is 7. The lowest BCUT2D eigenvalue weighted by Crippen LogP contribution is -2.49. The number of nitrogens with two attached hydrogens (primary N) is 1. The van der Waals surface area contributed by atoms with Gasteiger partial charge in [-0.3, -0.25) is 9.59 Å². The van der Waals surface area contributed by atoms with E-state index in [1.165, 1.54) is 11.1 Å². The van der Waals surface area contributed by atoms with E-state index in [2.05, 4.69) is 40.2 Å². The van der Waals surface area contributed by atoms with Gasteiger partial charge in [0.2, 0.25) is 11.8 Å². The number of hydrogen-bond donors (Lipinski definition) is 4. The largest absolute Gasteiger partial charge is 0.486 e. The maximum absolute atomic E-state index is 12.5. The molecule has 0 heterocycles. The van der Waals surface area contributed by atoms with Crippen LogP contribution >= 0.6 is 0 Å². The molecule has 1 atom stereocenters. The predicted molar refractivity (Wildman–Crippen MR) is 191 cm³/mol. The van der Waals surface area contributed by atoms with E-state index in [-0.39, 0.29) is 24.5 Å². The third-order valence-electron chi connectivity index (χ3n) is 7.97. The molecule has 0 aliphatic heterocycles. The highest BCUT2D eigenvalue weighted by Crippen LogP contribution is 2.33. The molecule has 0 saturated carbocycles. The van der Waals surface area contributed by atoms with Crippen molar-refractivity contribution in [3.63, 3.8) is 0 Å². The van der Waals surface area contributed by atoms with Crippen LogP contribution in [-0.4, -0.2) is 117 Å². The van der Waals surface area contributed by atoms with Gasteiger partial charge in [0.05, 0.1) is 79.3 Å². The van der Waals surface area contributed by atoms with Gasteiger partial charge in [-0.05, 0) is 68.5 Å². The van der Waals surface area contributed by atoms with E-state index in [0.717, 1.165) is 30.7 Å². The fourth-order valence-corrected chi connectivity index (χ4v) is 5.10. The first-order valence-electron chi connectivity index (χ1n) is 17.7. The molecule has 13 nitrogen and oxygen atoms in total. The van der Waals surface area contributed by atoms with Crippen molar-refractivity contribution in [2.75, 3.05) is 111 Å². The van der Waals surface area contributed by atoms with Crippen molar-refractivity contribution < 1.29 is 42.7 Å². The molecule has 5 N–H and O–H groups in total. The molecule has 50 heavy (non-hydrogen) atoms. The van der Waals surface area contributed by atoms with Crippen LogP contribution in [0.5, 0.6) is 5.75 Å². The smallest absolute Gasteiger partial charge is 0.235 e. The topological polar surface area (TPSA) is 161 Å². The first-order chi connectivity index (χ1) is 24.4. The first kappa shape index (κ1) is 41.1. The fourth-order valence-electron chi connectivity index (χ4n) is 5.10. The van der Waals surface area contributed by atoms with E-state index in [9.17, 15) is 9.59 Å². The monoisotopic (exact) mass is 702 g/mol. The molecule has 0 spiro atoms. The van der Waals surface area contributed by atoms with Gasteiger partial charge in [0.1, 0.15) is 17.3 Å². The van der Waals surface area contributed by atoms with Gasteiger partial charge in [-0.25, -0.2) is 0 Å². The molecule has 0 radical (unpaired) electrons. The van der Waals surface area contributed by atoms with Crippen molar-refractivity contribution in [1.29, 1.82) is 0 Å². The van der Waals surface area contributed by atoms with Crippen LogP contribution in [0, 0.1) is 5.41 Å². The minimum atomic E-state index is -1.23. The predicted octanol–water partition coefficient (Wildman–Crippen LogP) is 2.87. The summed E-state index contributed by atoms with van der Waals surface area (Å²) in [5.41, 5.74) is 7.82. The lowest BCUT2D eigenvalue weighted by Gasteiger charge is -2.26. The Kier molecular flexibility index (Phi) is 20.4. The number of fused-ring (bicyclic) bond motifs is 1. The minimum Gasteiger partial charge on any atom is -0.486 e. The number of anilines is 1. The average molecular weight is 703 g/mol. The molecular weight excluding hydrogens is 644 g/mol. The summed E-state index contributed by atoms with van der Waals surface area (Å²) in [6.07, 6.45) is 3.42. The van der Waals surface area contributed by atoms with Crippen LogP contribution in [0.3, 0.4) is 0 Å². The second kappa shape index (κ2) is 24.8. The van der Waals surface area contributed by atoms with E-state index in [1.54, 1.807) is 13.8 Å². The molecule has 1 aliphatic rings. The van der Waals surface area contributed by atoms with Crippen molar-refractivity contribution in [3.8, 4) is 5.75 Å². The van der Waals surface area contributed by atoms with Gasteiger partial charge in [-0.2, -0.15) is 0 Å². The molecule has 0 aromatic heterocycles. The molecule has 1 aliphatic carbocycles. The number of nitrogens with one attached hydrogen (secondary N) is 3. The van der Waals surface area contributed by atoms with Crippen LogP contribution in [0.2, 0.25) is 0 Å². The number of carbonyl (C=O) groups excluding carboxylic acids is 2. The summed E-state index contributed by atoms with van der Waals surface area (Å²) in [6.45, 7) is 10.2. The van der Waals surface area contributed by atoms with Crippen LogP contribution in [0.4, 0.5) is 5.69 Å². The molecule has 2 amide bonds. The third kappa shape index (κ3) is 16.2. The molecule has 0 unspecified atom stereocenters. The van der Waals surface area contributed by atoms with Gasteiger partial charge in [-0.1, -0.05) is 24.3 Å². The molecule has 3 rings (SSSR count). The number of aryl methyl sites for hydroxylation is 1. The van der Waals surface area contributed by atoms with E-state index >= 15 is 0 Å². The molecule has 280 valence electrons. The zero-order chi connectivity index (χ0) is 35.7. The summed E-state index contributed by atoms with van der Waals surface area (Å²) >= 11 is 0. The molecule has 13 heteroatoms. The Bertz CT molecular complexity index is 1220. The molecule has 2 aromatic rings. The summed E-state index contributed by atoms with van der Waals surface area (Å²) < 4.78 is 39.0. The van der Waals surface area contributed by atoms with Gasteiger partial charge >= 0.3 is 0 Å². The second-order valence-corrected chi connectivity index (χ2v) is 12.2. The summed E-state index contributed by atoms with van der Waals surface area (Å²) in [4.78, 5) is 25.1. The zero-order valence-electron chi connectivity index (χ0n) is 29.9.